The van der Waals surface area contributed by atoms with E-state index in [1.807, 2.05) is 0 Å². The summed E-state index contributed by atoms with van der Waals surface area (Å²) < 4.78 is 0. The molecule has 1 rings (SSSR count). The van der Waals surface area contributed by atoms with Crippen LogP contribution in [0.1, 0.15) is 20.7 Å². The molecule has 1 N–H and O–H groups in total. The lowest BCUT2D eigenvalue weighted by atomic mass is 10.1. The monoisotopic (exact) mass is 196 g/mol. The summed E-state index contributed by atoms with van der Waals surface area (Å²) in [6.07, 6.45) is 1.69. The topological polar surface area (TPSA) is 54.4 Å². The highest BCUT2D eigenvalue weighted by atomic mass is 32.2. The molecule has 0 aliphatic carbocycles. The van der Waals surface area contributed by atoms with E-state index in [9.17, 15) is 9.59 Å². The van der Waals surface area contributed by atoms with E-state index >= 15 is 0 Å². The first-order valence-corrected chi connectivity index (χ1v) is 4.79. The van der Waals surface area contributed by atoms with Crippen LogP contribution in [-0.4, -0.2) is 22.4 Å². The lowest BCUT2D eigenvalue weighted by molar-refractivity contribution is 0.0696. The van der Waals surface area contributed by atoms with Gasteiger partial charge in [0.1, 0.15) is 0 Å². The number of carbonyl (C=O) groups excluding carboxylic acids is 1. The first kappa shape index (κ1) is 9.80. The van der Waals surface area contributed by atoms with Gasteiger partial charge in [-0.1, -0.05) is 11.8 Å². The molecule has 0 amide bonds. The van der Waals surface area contributed by atoms with E-state index in [4.69, 9.17) is 5.11 Å². The lowest BCUT2D eigenvalue weighted by Crippen LogP contribution is -1.97. The highest BCUT2D eigenvalue weighted by Gasteiger charge is 2.05. The molecule has 68 valence electrons. The lowest BCUT2D eigenvalue weighted by Gasteiger charge is -1.97. The molecule has 1 aromatic carbocycles. The van der Waals surface area contributed by atoms with E-state index in [-0.39, 0.29) is 10.7 Å². The fraction of sp³-hybridized carbons (Fsp3) is 0.111. The minimum Gasteiger partial charge on any atom is -0.478 e. The van der Waals surface area contributed by atoms with Gasteiger partial charge in [0.25, 0.3) is 0 Å². The number of thioether (sulfide) groups is 1. The fourth-order valence-corrected chi connectivity index (χ4v) is 1.24. The summed E-state index contributed by atoms with van der Waals surface area (Å²) in [5.41, 5.74) is 0.718. The summed E-state index contributed by atoms with van der Waals surface area (Å²) in [4.78, 5) is 21.6. The first-order chi connectivity index (χ1) is 6.15. The summed E-state index contributed by atoms with van der Waals surface area (Å²) in [7, 11) is 0. The predicted octanol–water partition coefficient (Wildman–Crippen LogP) is 1.89. The minimum absolute atomic E-state index is 0.0584. The van der Waals surface area contributed by atoms with Gasteiger partial charge >= 0.3 is 5.97 Å². The standard InChI is InChI=1S/C9H8O3S/c1-13-9(12)7-4-2-6(3-5-7)8(10)11/h2-5H,1H3,(H,10,11). The summed E-state index contributed by atoms with van der Waals surface area (Å²) >= 11 is 1.11. The maximum absolute atomic E-state index is 11.1. The Morgan fingerprint density at radius 2 is 1.62 bits per heavy atom. The number of carbonyl (C=O) groups is 2. The van der Waals surface area contributed by atoms with Crippen LogP contribution in [0.4, 0.5) is 0 Å². The molecule has 0 spiro atoms. The average molecular weight is 196 g/mol. The molecule has 0 aromatic heterocycles. The van der Waals surface area contributed by atoms with E-state index in [1.54, 1.807) is 6.26 Å². The summed E-state index contributed by atoms with van der Waals surface area (Å²) in [5, 5.41) is 8.52. The molecule has 1 aromatic rings. The molecule has 0 atom stereocenters. The molecule has 3 nitrogen and oxygen atoms in total. The number of hydrogen-bond donors (Lipinski definition) is 1. The fourth-order valence-electron chi connectivity index (χ4n) is 0.867. The van der Waals surface area contributed by atoms with E-state index in [1.165, 1.54) is 24.3 Å². The second-order valence-corrected chi connectivity index (χ2v) is 3.15. The molecule has 0 aliphatic rings. The molecule has 0 saturated heterocycles. The van der Waals surface area contributed by atoms with Crippen LogP contribution in [0, 0.1) is 0 Å². The zero-order valence-corrected chi connectivity index (χ0v) is 7.80. The van der Waals surface area contributed by atoms with Gasteiger partial charge in [-0.05, 0) is 30.5 Å². The Morgan fingerprint density at radius 3 is 2.00 bits per heavy atom. The largest absolute Gasteiger partial charge is 0.478 e. The average Bonchev–Trinajstić information content (AvgIpc) is 2.17. The number of hydrogen-bond acceptors (Lipinski definition) is 3. The molecular formula is C9H8O3S. The van der Waals surface area contributed by atoms with Gasteiger partial charge in [-0.15, -0.1) is 0 Å². The zero-order chi connectivity index (χ0) is 9.84. The molecule has 0 saturated carbocycles. The van der Waals surface area contributed by atoms with Gasteiger partial charge < -0.3 is 5.11 Å². The van der Waals surface area contributed by atoms with Crippen LogP contribution in [0.2, 0.25) is 0 Å². The molecule has 13 heavy (non-hydrogen) atoms. The molecule has 0 heterocycles. The van der Waals surface area contributed by atoms with Gasteiger partial charge in [0, 0.05) is 5.56 Å². The zero-order valence-electron chi connectivity index (χ0n) is 6.98. The van der Waals surface area contributed by atoms with Gasteiger partial charge in [0.05, 0.1) is 5.56 Å². The van der Waals surface area contributed by atoms with Crippen molar-refractivity contribution in [1.82, 2.24) is 0 Å². The predicted molar refractivity (Wildman–Crippen MR) is 51.2 cm³/mol. The Hall–Kier alpha value is -1.29. The van der Waals surface area contributed by atoms with Crippen molar-refractivity contribution in [3.05, 3.63) is 35.4 Å². The highest BCUT2D eigenvalue weighted by molar-refractivity contribution is 8.13. The second-order valence-electron chi connectivity index (χ2n) is 2.37. The van der Waals surface area contributed by atoms with Crippen molar-refractivity contribution in [2.24, 2.45) is 0 Å². The van der Waals surface area contributed by atoms with Crippen molar-refractivity contribution in [2.45, 2.75) is 0 Å². The van der Waals surface area contributed by atoms with Crippen molar-refractivity contribution in [2.75, 3.05) is 6.26 Å². The minimum atomic E-state index is -0.983. The maximum atomic E-state index is 11.1. The maximum Gasteiger partial charge on any atom is 0.335 e. The van der Waals surface area contributed by atoms with Crippen LogP contribution in [0.5, 0.6) is 0 Å². The Balaban J connectivity index is 2.93. The third kappa shape index (κ3) is 2.32. The number of carboxylic acids is 1. The van der Waals surface area contributed by atoms with Crippen LogP contribution in [0.15, 0.2) is 24.3 Å². The van der Waals surface area contributed by atoms with Gasteiger partial charge in [-0.3, -0.25) is 4.79 Å². The van der Waals surface area contributed by atoms with Crippen LogP contribution in [0.25, 0.3) is 0 Å². The number of benzene rings is 1. The van der Waals surface area contributed by atoms with Gasteiger partial charge in [-0.2, -0.15) is 0 Å². The van der Waals surface area contributed by atoms with Crippen LogP contribution >= 0.6 is 11.8 Å². The molecule has 0 aliphatic heterocycles. The van der Waals surface area contributed by atoms with E-state index in [0.29, 0.717) is 5.56 Å². The Bertz CT molecular complexity index is 329. The normalized spacial score (nSPS) is 9.62. The number of aromatic carboxylic acids is 1. The van der Waals surface area contributed by atoms with E-state index in [2.05, 4.69) is 0 Å². The Labute approximate surface area is 79.8 Å². The number of carboxylic acid groups (broad SMARTS) is 1. The molecule has 0 bridgehead atoms. The summed E-state index contributed by atoms with van der Waals surface area (Å²) in [5.74, 6) is -0.983. The van der Waals surface area contributed by atoms with Crippen LogP contribution < -0.4 is 0 Å². The van der Waals surface area contributed by atoms with Crippen molar-refractivity contribution in [3.8, 4) is 0 Å². The smallest absolute Gasteiger partial charge is 0.335 e. The quantitative estimate of drug-likeness (QED) is 0.784. The first-order valence-electron chi connectivity index (χ1n) is 3.57. The van der Waals surface area contributed by atoms with Gasteiger partial charge in [0.2, 0.25) is 5.12 Å². The molecule has 0 radical (unpaired) electrons. The van der Waals surface area contributed by atoms with Crippen molar-refractivity contribution >= 4 is 22.8 Å². The Kier molecular flexibility index (Phi) is 3.08. The highest BCUT2D eigenvalue weighted by Crippen LogP contribution is 2.10. The molecule has 0 fully saturated rings. The number of rotatable bonds is 2. The van der Waals surface area contributed by atoms with Crippen LogP contribution in [-0.2, 0) is 0 Å². The molecule has 4 heteroatoms. The van der Waals surface area contributed by atoms with Gasteiger partial charge in [-0.25, -0.2) is 4.79 Å². The van der Waals surface area contributed by atoms with Crippen molar-refractivity contribution in [1.29, 1.82) is 0 Å². The third-order valence-electron chi connectivity index (χ3n) is 1.55. The molecule has 0 unspecified atom stereocenters. The Morgan fingerprint density at radius 1 is 1.15 bits per heavy atom. The van der Waals surface area contributed by atoms with Gasteiger partial charge in [0.15, 0.2) is 0 Å². The SMILES string of the molecule is CSC(=O)c1ccc(C(=O)O)cc1. The van der Waals surface area contributed by atoms with E-state index in [0.717, 1.165) is 11.8 Å². The van der Waals surface area contributed by atoms with Crippen molar-refractivity contribution in [3.63, 3.8) is 0 Å². The summed E-state index contributed by atoms with van der Waals surface area (Å²) in [6, 6.07) is 5.88. The van der Waals surface area contributed by atoms with Crippen LogP contribution in [0.3, 0.4) is 0 Å². The third-order valence-corrected chi connectivity index (χ3v) is 2.16. The second kappa shape index (κ2) is 4.09. The summed E-state index contributed by atoms with van der Waals surface area (Å²) in [6.45, 7) is 0. The van der Waals surface area contributed by atoms with Crippen molar-refractivity contribution < 1.29 is 14.7 Å². The molecular weight excluding hydrogens is 188 g/mol. The van der Waals surface area contributed by atoms with E-state index < -0.39 is 5.97 Å².